The van der Waals surface area contributed by atoms with E-state index in [1.54, 1.807) is 0 Å². The van der Waals surface area contributed by atoms with E-state index in [1.807, 2.05) is 18.2 Å². The lowest BCUT2D eigenvalue weighted by Crippen LogP contribution is -2.33. The molecule has 0 bridgehead atoms. The van der Waals surface area contributed by atoms with E-state index in [4.69, 9.17) is 0 Å². The van der Waals surface area contributed by atoms with Crippen LogP contribution in [0.4, 0.5) is 5.69 Å². The van der Waals surface area contributed by atoms with Crippen LogP contribution in [0.25, 0.3) is 0 Å². The van der Waals surface area contributed by atoms with Crippen LogP contribution in [0.15, 0.2) is 53.0 Å². The first kappa shape index (κ1) is 14.3. The molecule has 0 aliphatic carbocycles. The Bertz CT molecular complexity index is 618. The molecule has 2 aromatic carbocycles. The van der Waals surface area contributed by atoms with E-state index >= 15 is 0 Å². The van der Waals surface area contributed by atoms with Gasteiger partial charge >= 0.3 is 0 Å². The zero-order chi connectivity index (χ0) is 14.7. The molecule has 0 spiro atoms. The van der Waals surface area contributed by atoms with Gasteiger partial charge in [-0.1, -0.05) is 46.3 Å². The predicted octanol–water partition coefficient (Wildman–Crippen LogP) is 4.65. The highest BCUT2D eigenvalue weighted by molar-refractivity contribution is 9.10. The molecule has 21 heavy (non-hydrogen) atoms. The highest BCUT2D eigenvalue weighted by Gasteiger charge is 2.22. The SMILES string of the molecule is O=Cc1ccc(Br)cc1N1CCC(c2ccccc2)CC1. The molecule has 3 heteroatoms. The topological polar surface area (TPSA) is 20.3 Å². The summed E-state index contributed by atoms with van der Waals surface area (Å²) in [5.74, 6) is 0.634. The number of carbonyl (C=O) groups excluding carboxylic acids is 1. The molecule has 0 radical (unpaired) electrons. The minimum Gasteiger partial charge on any atom is -0.371 e. The molecule has 1 saturated heterocycles. The fraction of sp³-hybridized carbons (Fsp3) is 0.278. The first-order chi connectivity index (χ1) is 10.3. The maximum Gasteiger partial charge on any atom is 0.152 e. The zero-order valence-corrected chi connectivity index (χ0v) is 13.4. The Morgan fingerprint density at radius 3 is 2.43 bits per heavy atom. The lowest BCUT2D eigenvalue weighted by molar-refractivity contribution is 0.112. The maximum atomic E-state index is 11.2. The summed E-state index contributed by atoms with van der Waals surface area (Å²) in [6, 6.07) is 16.6. The summed E-state index contributed by atoms with van der Waals surface area (Å²) in [6.45, 7) is 1.99. The lowest BCUT2D eigenvalue weighted by Gasteiger charge is -2.34. The van der Waals surface area contributed by atoms with Gasteiger partial charge in [0.1, 0.15) is 0 Å². The van der Waals surface area contributed by atoms with E-state index in [-0.39, 0.29) is 0 Å². The van der Waals surface area contributed by atoms with Crippen molar-refractivity contribution in [3.8, 4) is 0 Å². The monoisotopic (exact) mass is 343 g/mol. The summed E-state index contributed by atoms with van der Waals surface area (Å²) >= 11 is 3.50. The van der Waals surface area contributed by atoms with Gasteiger partial charge in [0.15, 0.2) is 6.29 Å². The fourth-order valence-electron chi connectivity index (χ4n) is 3.07. The molecule has 1 aliphatic rings. The second-order valence-electron chi connectivity index (χ2n) is 5.49. The normalized spacial score (nSPS) is 16.0. The number of anilines is 1. The molecule has 0 unspecified atom stereocenters. The number of piperidine rings is 1. The minimum absolute atomic E-state index is 0.634. The number of aldehydes is 1. The van der Waals surface area contributed by atoms with Crippen LogP contribution in [0.5, 0.6) is 0 Å². The molecule has 1 aliphatic heterocycles. The Balaban J connectivity index is 1.74. The van der Waals surface area contributed by atoms with Crippen LogP contribution in [0.3, 0.4) is 0 Å². The quantitative estimate of drug-likeness (QED) is 0.756. The number of hydrogen-bond donors (Lipinski definition) is 0. The maximum absolute atomic E-state index is 11.2. The van der Waals surface area contributed by atoms with Gasteiger partial charge in [-0.15, -0.1) is 0 Å². The molecular formula is C18H18BrNO. The minimum atomic E-state index is 0.634. The first-order valence-corrected chi connectivity index (χ1v) is 8.12. The molecule has 2 aromatic rings. The van der Waals surface area contributed by atoms with Crippen LogP contribution >= 0.6 is 15.9 Å². The predicted molar refractivity (Wildman–Crippen MR) is 90.2 cm³/mol. The van der Waals surface area contributed by atoms with Gasteiger partial charge in [0.2, 0.25) is 0 Å². The Morgan fingerprint density at radius 1 is 1.05 bits per heavy atom. The molecule has 3 rings (SSSR count). The van der Waals surface area contributed by atoms with Gasteiger partial charge in [0.05, 0.1) is 0 Å². The second kappa shape index (κ2) is 6.44. The van der Waals surface area contributed by atoms with E-state index in [9.17, 15) is 4.79 Å². The molecule has 2 nitrogen and oxygen atoms in total. The van der Waals surface area contributed by atoms with Gasteiger partial charge in [-0.3, -0.25) is 4.79 Å². The van der Waals surface area contributed by atoms with Crippen LogP contribution < -0.4 is 4.90 Å². The number of halogens is 1. The van der Waals surface area contributed by atoms with E-state index in [1.165, 1.54) is 5.56 Å². The number of rotatable bonds is 3. The Morgan fingerprint density at radius 2 is 1.76 bits per heavy atom. The molecule has 0 amide bonds. The summed E-state index contributed by atoms with van der Waals surface area (Å²) in [5, 5.41) is 0. The first-order valence-electron chi connectivity index (χ1n) is 7.32. The van der Waals surface area contributed by atoms with E-state index in [2.05, 4.69) is 51.2 Å². The fourth-order valence-corrected chi connectivity index (χ4v) is 3.42. The molecule has 0 N–H and O–H groups in total. The molecule has 1 fully saturated rings. The number of benzene rings is 2. The molecule has 0 atom stereocenters. The molecule has 0 aromatic heterocycles. The molecule has 0 saturated carbocycles. The Kier molecular flexibility index (Phi) is 4.39. The van der Waals surface area contributed by atoms with Crippen molar-refractivity contribution in [3.05, 3.63) is 64.1 Å². The number of nitrogens with zero attached hydrogens (tertiary/aromatic N) is 1. The van der Waals surface area contributed by atoms with Crippen molar-refractivity contribution < 1.29 is 4.79 Å². The summed E-state index contributed by atoms with van der Waals surface area (Å²) < 4.78 is 1.02. The van der Waals surface area contributed by atoms with Gasteiger partial charge in [0.25, 0.3) is 0 Å². The van der Waals surface area contributed by atoms with Crippen molar-refractivity contribution in [2.45, 2.75) is 18.8 Å². The van der Waals surface area contributed by atoms with E-state index < -0.39 is 0 Å². The average Bonchev–Trinajstić information content (AvgIpc) is 2.56. The van der Waals surface area contributed by atoms with E-state index in [0.29, 0.717) is 5.92 Å². The van der Waals surface area contributed by atoms with Crippen molar-refractivity contribution in [2.24, 2.45) is 0 Å². The van der Waals surface area contributed by atoms with E-state index in [0.717, 1.165) is 47.9 Å². The standard InChI is InChI=1S/C18H18BrNO/c19-17-7-6-16(13-21)18(12-17)20-10-8-15(9-11-20)14-4-2-1-3-5-14/h1-7,12-13,15H,8-11H2. The third kappa shape index (κ3) is 3.18. The third-order valence-electron chi connectivity index (χ3n) is 4.23. The van der Waals surface area contributed by atoms with Crippen LogP contribution in [0.1, 0.15) is 34.7 Å². The zero-order valence-electron chi connectivity index (χ0n) is 11.8. The lowest BCUT2D eigenvalue weighted by atomic mass is 9.89. The molecular weight excluding hydrogens is 326 g/mol. The van der Waals surface area contributed by atoms with Crippen molar-refractivity contribution in [3.63, 3.8) is 0 Å². The largest absolute Gasteiger partial charge is 0.371 e. The molecule has 108 valence electrons. The highest BCUT2D eigenvalue weighted by Crippen LogP contribution is 2.32. The van der Waals surface area contributed by atoms with Crippen LogP contribution in [0, 0.1) is 0 Å². The number of hydrogen-bond acceptors (Lipinski definition) is 2. The summed E-state index contributed by atoms with van der Waals surface area (Å²) in [7, 11) is 0. The Labute approximate surface area is 133 Å². The van der Waals surface area contributed by atoms with Gasteiger partial charge in [0, 0.05) is 28.8 Å². The van der Waals surface area contributed by atoms with Gasteiger partial charge in [-0.2, -0.15) is 0 Å². The van der Waals surface area contributed by atoms with Crippen molar-refractivity contribution in [2.75, 3.05) is 18.0 Å². The highest BCUT2D eigenvalue weighted by atomic mass is 79.9. The second-order valence-corrected chi connectivity index (χ2v) is 6.41. The number of carbonyl (C=O) groups is 1. The van der Waals surface area contributed by atoms with Crippen LogP contribution in [-0.4, -0.2) is 19.4 Å². The summed E-state index contributed by atoms with van der Waals surface area (Å²) in [6.07, 6.45) is 3.22. The summed E-state index contributed by atoms with van der Waals surface area (Å²) in [4.78, 5) is 13.6. The third-order valence-corrected chi connectivity index (χ3v) is 4.72. The summed E-state index contributed by atoms with van der Waals surface area (Å²) in [5.41, 5.74) is 3.25. The average molecular weight is 344 g/mol. The van der Waals surface area contributed by atoms with Crippen molar-refractivity contribution in [1.29, 1.82) is 0 Å². The van der Waals surface area contributed by atoms with Crippen LogP contribution in [-0.2, 0) is 0 Å². The molecule has 1 heterocycles. The Hall–Kier alpha value is -1.61. The van der Waals surface area contributed by atoms with Gasteiger partial charge in [-0.25, -0.2) is 0 Å². The smallest absolute Gasteiger partial charge is 0.152 e. The van der Waals surface area contributed by atoms with Gasteiger partial charge < -0.3 is 4.90 Å². The van der Waals surface area contributed by atoms with Crippen molar-refractivity contribution >= 4 is 27.9 Å². The van der Waals surface area contributed by atoms with Crippen LogP contribution in [0.2, 0.25) is 0 Å². The van der Waals surface area contributed by atoms with Crippen molar-refractivity contribution in [1.82, 2.24) is 0 Å². The van der Waals surface area contributed by atoms with Gasteiger partial charge in [-0.05, 0) is 42.5 Å².